The van der Waals surface area contributed by atoms with E-state index in [2.05, 4.69) is 13.8 Å². The van der Waals surface area contributed by atoms with E-state index < -0.39 is 11.9 Å². The Morgan fingerprint density at radius 3 is 2.46 bits per heavy atom. The number of carboxylic acids is 1. The van der Waals surface area contributed by atoms with Gasteiger partial charge < -0.3 is 9.84 Å². The molecule has 0 heterocycles. The van der Waals surface area contributed by atoms with E-state index in [-0.39, 0.29) is 17.6 Å². The van der Waals surface area contributed by atoms with Gasteiger partial charge in [0.1, 0.15) is 5.75 Å². The van der Waals surface area contributed by atoms with Crippen LogP contribution in [0.1, 0.15) is 58.5 Å². The highest BCUT2D eigenvalue weighted by Gasteiger charge is 2.32. The molecule has 1 N–H and O–H groups in total. The maximum atomic E-state index is 12.5. The molecule has 0 spiro atoms. The first kappa shape index (κ1) is 17.9. The van der Waals surface area contributed by atoms with Crippen molar-refractivity contribution in [2.75, 3.05) is 0 Å². The Morgan fingerprint density at radius 1 is 1.12 bits per heavy atom. The predicted octanol–water partition coefficient (Wildman–Crippen LogP) is 3.79. The van der Waals surface area contributed by atoms with E-state index in [1.165, 1.54) is 0 Å². The summed E-state index contributed by atoms with van der Waals surface area (Å²) in [4.78, 5) is 35.2. The summed E-state index contributed by atoms with van der Waals surface area (Å²) in [6, 6.07) is 11.4. The predicted molar refractivity (Wildman–Crippen MR) is 95.8 cm³/mol. The lowest BCUT2D eigenvalue weighted by molar-refractivity contribution is -0.136. The first-order valence-corrected chi connectivity index (χ1v) is 8.47. The molecular weight excluding hydrogens is 332 g/mol. The van der Waals surface area contributed by atoms with Crippen LogP contribution in [0.2, 0.25) is 0 Å². The maximum absolute atomic E-state index is 12.5. The van der Waals surface area contributed by atoms with E-state index in [1.807, 2.05) is 0 Å². The number of esters is 1. The SMILES string of the molecule is CC1(C)CCC(=O)c2ccc(C(=O)Oc3ccc(CC(=O)O)cc3)cc21. The molecule has 0 fully saturated rings. The van der Waals surface area contributed by atoms with Crippen molar-refractivity contribution in [3.63, 3.8) is 0 Å². The van der Waals surface area contributed by atoms with Crippen molar-refractivity contribution >= 4 is 17.7 Å². The standard InChI is InChI=1S/C21H20O5/c1-21(2)10-9-18(22)16-8-5-14(12-17(16)21)20(25)26-15-6-3-13(4-7-15)11-19(23)24/h3-8,12H,9-11H2,1-2H3,(H,23,24). The van der Waals surface area contributed by atoms with E-state index in [9.17, 15) is 14.4 Å². The number of ketones is 1. The number of aliphatic carboxylic acids is 1. The van der Waals surface area contributed by atoms with Gasteiger partial charge in [0.15, 0.2) is 5.78 Å². The Hall–Kier alpha value is -2.95. The zero-order chi connectivity index (χ0) is 18.9. The third kappa shape index (κ3) is 3.67. The van der Waals surface area contributed by atoms with Crippen molar-refractivity contribution in [3.8, 4) is 5.75 Å². The van der Waals surface area contributed by atoms with Gasteiger partial charge in [-0.25, -0.2) is 4.79 Å². The van der Waals surface area contributed by atoms with Crippen LogP contribution < -0.4 is 4.74 Å². The van der Waals surface area contributed by atoms with Crippen LogP contribution in [0.3, 0.4) is 0 Å². The monoisotopic (exact) mass is 352 g/mol. The van der Waals surface area contributed by atoms with Gasteiger partial charge >= 0.3 is 11.9 Å². The van der Waals surface area contributed by atoms with Gasteiger partial charge in [-0.1, -0.05) is 32.0 Å². The number of Topliss-reactive ketones (excluding diaryl/α,β-unsaturated/α-hetero) is 1. The fourth-order valence-corrected chi connectivity index (χ4v) is 3.19. The molecule has 134 valence electrons. The number of ether oxygens (including phenoxy) is 1. The summed E-state index contributed by atoms with van der Waals surface area (Å²) < 4.78 is 5.38. The molecule has 0 amide bonds. The Morgan fingerprint density at radius 2 is 1.81 bits per heavy atom. The van der Waals surface area contributed by atoms with Crippen LogP contribution in [-0.4, -0.2) is 22.8 Å². The molecule has 0 atom stereocenters. The highest BCUT2D eigenvalue weighted by molar-refractivity contribution is 6.01. The summed E-state index contributed by atoms with van der Waals surface area (Å²) >= 11 is 0. The number of hydrogen-bond acceptors (Lipinski definition) is 4. The smallest absolute Gasteiger partial charge is 0.343 e. The van der Waals surface area contributed by atoms with E-state index in [0.29, 0.717) is 28.9 Å². The lowest BCUT2D eigenvalue weighted by Gasteiger charge is -2.31. The van der Waals surface area contributed by atoms with Gasteiger partial charge in [0.2, 0.25) is 0 Å². The molecule has 2 aromatic rings. The molecule has 0 aromatic heterocycles. The first-order chi connectivity index (χ1) is 12.3. The fourth-order valence-electron chi connectivity index (χ4n) is 3.19. The van der Waals surface area contributed by atoms with E-state index in [1.54, 1.807) is 42.5 Å². The Balaban J connectivity index is 1.80. The molecule has 0 unspecified atom stereocenters. The molecular formula is C21H20O5. The van der Waals surface area contributed by atoms with Crippen LogP contribution in [-0.2, 0) is 16.6 Å². The highest BCUT2D eigenvalue weighted by Crippen LogP contribution is 2.37. The molecule has 5 nitrogen and oxygen atoms in total. The molecule has 0 radical (unpaired) electrons. The van der Waals surface area contributed by atoms with Crippen LogP contribution in [0.5, 0.6) is 5.75 Å². The summed E-state index contributed by atoms with van der Waals surface area (Å²) in [5.41, 5.74) is 2.40. The summed E-state index contributed by atoms with van der Waals surface area (Å²) in [6.45, 7) is 4.13. The molecule has 0 saturated carbocycles. The quantitative estimate of drug-likeness (QED) is 0.669. The van der Waals surface area contributed by atoms with Crippen molar-refractivity contribution in [2.24, 2.45) is 0 Å². The van der Waals surface area contributed by atoms with E-state index in [0.717, 1.165) is 12.0 Å². The van der Waals surface area contributed by atoms with Gasteiger partial charge in [-0.15, -0.1) is 0 Å². The van der Waals surface area contributed by atoms with Gasteiger partial charge in [-0.3, -0.25) is 9.59 Å². The zero-order valence-electron chi connectivity index (χ0n) is 14.7. The molecule has 0 bridgehead atoms. The molecule has 0 saturated heterocycles. The zero-order valence-corrected chi connectivity index (χ0v) is 14.7. The third-order valence-electron chi connectivity index (χ3n) is 4.75. The van der Waals surface area contributed by atoms with Crippen molar-refractivity contribution in [3.05, 3.63) is 64.7 Å². The summed E-state index contributed by atoms with van der Waals surface area (Å²) in [5, 5.41) is 8.78. The third-order valence-corrected chi connectivity index (χ3v) is 4.75. The maximum Gasteiger partial charge on any atom is 0.343 e. The summed E-state index contributed by atoms with van der Waals surface area (Å²) in [6.07, 6.45) is 1.19. The van der Waals surface area contributed by atoms with Crippen LogP contribution in [0.4, 0.5) is 0 Å². The molecule has 5 heteroatoms. The normalized spacial score (nSPS) is 15.2. The summed E-state index contributed by atoms with van der Waals surface area (Å²) in [5.74, 6) is -0.973. The Kier molecular flexibility index (Phi) is 4.64. The number of benzene rings is 2. The molecule has 1 aliphatic rings. The molecule has 1 aliphatic carbocycles. The summed E-state index contributed by atoms with van der Waals surface area (Å²) in [7, 11) is 0. The van der Waals surface area contributed by atoms with Gasteiger partial charge in [-0.2, -0.15) is 0 Å². The fraction of sp³-hybridized carbons (Fsp3) is 0.286. The van der Waals surface area contributed by atoms with Gasteiger partial charge in [0, 0.05) is 12.0 Å². The number of hydrogen-bond donors (Lipinski definition) is 1. The average Bonchev–Trinajstić information content (AvgIpc) is 2.59. The lowest BCUT2D eigenvalue weighted by Crippen LogP contribution is -2.28. The van der Waals surface area contributed by atoms with Crippen molar-refractivity contribution < 1.29 is 24.2 Å². The molecule has 26 heavy (non-hydrogen) atoms. The van der Waals surface area contributed by atoms with Crippen molar-refractivity contribution in [1.82, 2.24) is 0 Å². The minimum Gasteiger partial charge on any atom is -0.481 e. The number of rotatable bonds is 4. The number of carbonyl (C=O) groups is 3. The van der Waals surface area contributed by atoms with Crippen LogP contribution in [0.15, 0.2) is 42.5 Å². The number of fused-ring (bicyclic) bond motifs is 1. The topological polar surface area (TPSA) is 80.7 Å². The minimum absolute atomic E-state index is 0.0812. The minimum atomic E-state index is -0.916. The van der Waals surface area contributed by atoms with Gasteiger partial charge in [-0.05, 0) is 47.2 Å². The molecule has 3 rings (SSSR count). The first-order valence-electron chi connectivity index (χ1n) is 8.47. The number of carbonyl (C=O) groups excluding carboxylic acids is 2. The highest BCUT2D eigenvalue weighted by atomic mass is 16.5. The number of carboxylic acid groups (broad SMARTS) is 1. The van der Waals surface area contributed by atoms with E-state index in [4.69, 9.17) is 9.84 Å². The van der Waals surface area contributed by atoms with Crippen LogP contribution in [0.25, 0.3) is 0 Å². The molecule has 2 aromatic carbocycles. The average molecular weight is 352 g/mol. The molecule has 0 aliphatic heterocycles. The largest absolute Gasteiger partial charge is 0.481 e. The van der Waals surface area contributed by atoms with E-state index >= 15 is 0 Å². The Bertz CT molecular complexity index is 878. The van der Waals surface area contributed by atoms with Crippen molar-refractivity contribution in [1.29, 1.82) is 0 Å². The Labute approximate surface area is 151 Å². The van der Waals surface area contributed by atoms with Crippen LogP contribution >= 0.6 is 0 Å². The van der Waals surface area contributed by atoms with Crippen LogP contribution in [0, 0.1) is 0 Å². The second-order valence-electron chi connectivity index (χ2n) is 7.17. The second-order valence-corrected chi connectivity index (χ2v) is 7.17. The lowest BCUT2D eigenvalue weighted by atomic mass is 9.72. The van der Waals surface area contributed by atoms with Gasteiger partial charge in [0.05, 0.1) is 12.0 Å². The second kappa shape index (κ2) is 6.75. The van der Waals surface area contributed by atoms with Crippen molar-refractivity contribution in [2.45, 2.75) is 38.5 Å². The van der Waals surface area contributed by atoms with Gasteiger partial charge in [0.25, 0.3) is 0 Å².